The lowest BCUT2D eigenvalue weighted by Gasteiger charge is -1.96. The van der Waals surface area contributed by atoms with Gasteiger partial charge in [-0.1, -0.05) is 5.04 Å². The number of allylic oxidation sites excluding steroid dienone is 2. The van der Waals surface area contributed by atoms with Gasteiger partial charge in [-0.15, -0.1) is 4.33 Å². The molecule has 0 saturated carbocycles. The zero-order valence-corrected chi connectivity index (χ0v) is 8.83. The molecule has 0 radical (unpaired) electrons. The highest BCUT2D eigenvalue weighted by Gasteiger charge is 2.04. The Kier molecular flexibility index (Phi) is 4.31. The molecule has 1 heterocycles. The van der Waals surface area contributed by atoms with Gasteiger partial charge in [0.2, 0.25) is 0 Å². The molecule has 62 valence electrons. The van der Waals surface area contributed by atoms with Crippen LogP contribution in [0.15, 0.2) is 21.1 Å². The van der Waals surface area contributed by atoms with Crippen LogP contribution in [0.1, 0.15) is 0 Å². The smallest absolute Gasteiger partial charge is 0.116 e. The highest BCUT2D eigenvalue weighted by atomic mass is 127. The van der Waals surface area contributed by atoms with Gasteiger partial charge in [-0.2, -0.15) is 0 Å². The second kappa shape index (κ2) is 5.04. The van der Waals surface area contributed by atoms with Gasteiger partial charge >= 0.3 is 0 Å². The fourth-order valence-corrected chi connectivity index (χ4v) is 3.52. The van der Waals surface area contributed by atoms with E-state index in [-0.39, 0.29) is 0 Å². The van der Waals surface area contributed by atoms with Crippen molar-refractivity contribution in [3.05, 3.63) is 21.1 Å². The Balaban J connectivity index is 2.44. The number of rotatable bonds is 3. The van der Waals surface area contributed by atoms with Crippen LogP contribution >= 0.6 is 12.0 Å². The molecule has 0 aromatic carbocycles. The third kappa shape index (κ3) is 3.48. The summed E-state index contributed by atoms with van der Waals surface area (Å²) in [6, 6.07) is 0. The topological polar surface area (TPSA) is 38.7 Å². The molecule has 11 heavy (non-hydrogen) atoms. The molecule has 0 aromatic rings. The van der Waals surface area contributed by atoms with Crippen molar-refractivity contribution in [3.8, 4) is 0 Å². The number of hydrogen-bond acceptors (Lipinski definition) is 4. The van der Waals surface area contributed by atoms with E-state index in [9.17, 15) is 0 Å². The van der Waals surface area contributed by atoms with Crippen molar-refractivity contribution >= 4 is 16.1 Å². The number of halogens is 1. The molecular formula is C6H8IO3S+. The van der Waals surface area contributed by atoms with Crippen LogP contribution in [-0.4, -0.2) is 14.2 Å². The second-order valence-corrected chi connectivity index (χ2v) is 7.20. The minimum atomic E-state index is -0.873. The predicted molar refractivity (Wildman–Crippen MR) is 41.6 cm³/mol. The van der Waals surface area contributed by atoms with Gasteiger partial charge < -0.3 is 0 Å². The maximum absolute atomic E-state index is 7.85. The molecular weight excluding hydrogens is 279 g/mol. The van der Waals surface area contributed by atoms with Crippen LogP contribution in [0.5, 0.6) is 0 Å². The van der Waals surface area contributed by atoms with Gasteiger partial charge in [0.15, 0.2) is 0 Å². The van der Waals surface area contributed by atoms with Gasteiger partial charge in [-0.25, -0.2) is 5.26 Å². The number of hydrogen-bond donors (Lipinski definition) is 1. The summed E-state index contributed by atoms with van der Waals surface area (Å²) in [7, 11) is 0. The highest BCUT2D eigenvalue weighted by molar-refractivity contribution is 7.98. The Morgan fingerprint density at radius 1 is 1.64 bits per heavy atom. The molecule has 0 atom stereocenters. The summed E-state index contributed by atoms with van der Waals surface area (Å²) < 4.78 is 8.63. The van der Waals surface area contributed by atoms with Crippen molar-refractivity contribution in [2.45, 2.75) is 0 Å². The predicted octanol–water partition coefficient (Wildman–Crippen LogP) is -1.48. The van der Waals surface area contributed by atoms with E-state index in [4.69, 9.17) is 5.26 Å². The largest absolute Gasteiger partial charge is 0.220 e. The summed E-state index contributed by atoms with van der Waals surface area (Å²) in [4.78, 5) is 3.18. The molecule has 3 nitrogen and oxygen atoms in total. The Bertz CT molecular complexity index is 222. The summed E-state index contributed by atoms with van der Waals surface area (Å²) in [5.41, 5.74) is 0. The molecule has 0 amide bonds. The Hall–Kier alpha value is 0.310. The standard InChI is InChI=1S/C6H7IO3S/c1-7-4-2-6(3-5-7)11-10-9-8/h2-5H,1H3/p+1. The maximum Gasteiger partial charge on any atom is 0.116 e. The molecule has 0 fully saturated rings. The van der Waals surface area contributed by atoms with Gasteiger partial charge in [-0.3, -0.25) is 0 Å². The molecule has 0 aromatic heterocycles. The first-order chi connectivity index (χ1) is 5.33. The van der Waals surface area contributed by atoms with Crippen molar-refractivity contribution in [3.63, 3.8) is 0 Å². The first-order valence-electron chi connectivity index (χ1n) is 2.78. The Morgan fingerprint density at radius 3 is 3.00 bits per heavy atom. The third-order valence-electron chi connectivity index (χ3n) is 1.01. The SMILES string of the molecule is C[I+]1=CC=C(SOOO)C=C1. The normalized spacial score (nSPS) is 17.8. The molecule has 1 aliphatic rings. The van der Waals surface area contributed by atoms with E-state index >= 15 is 0 Å². The van der Waals surface area contributed by atoms with Crippen molar-refractivity contribution in [2.75, 3.05) is 4.93 Å². The average molecular weight is 287 g/mol. The van der Waals surface area contributed by atoms with Crippen molar-refractivity contribution in [1.29, 1.82) is 0 Å². The van der Waals surface area contributed by atoms with Gasteiger partial charge in [0.1, 0.15) is 32.4 Å². The van der Waals surface area contributed by atoms with Crippen LogP contribution < -0.4 is 19.3 Å². The van der Waals surface area contributed by atoms with Gasteiger partial charge in [0.05, 0.1) is 12.0 Å². The fraction of sp³-hybridized carbons (Fsp3) is 0.167. The van der Waals surface area contributed by atoms with Crippen LogP contribution in [0.4, 0.5) is 0 Å². The molecule has 1 aliphatic heterocycles. The van der Waals surface area contributed by atoms with Crippen LogP contribution in [-0.2, 0) is 9.37 Å². The second-order valence-electron chi connectivity index (χ2n) is 1.78. The Morgan fingerprint density at radius 2 is 2.45 bits per heavy atom. The van der Waals surface area contributed by atoms with Crippen LogP contribution in [0.2, 0.25) is 0 Å². The first kappa shape index (κ1) is 9.40. The zero-order chi connectivity index (χ0) is 8.10. The van der Waals surface area contributed by atoms with E-state index in [1.54, 1.807) is 0 Å². The first-order valence-corrected chi connectivity index (χ1v) is 8.17. The fourth-order valence-electron chi connectivity index (χ4n) is 0.531. The van der Waals surface area contributed by atoms with E-state index < -0.39 is 19.3 Å². The molecule has 0 saturated heterocycles. The van der Waals surface area contributed by atoms with Crippen molar-refractivity contribution in [1.82, 2.24) is 0 Å². The van der Waals surface area contributed by atoms with Gasteiger partial charge in [-0.05, 0) is 12.2 Å². The Labute approximate surface area is 76.0 Å². The highest BCUT2D eigenvalue weighted by Crippen LogP contribution is 2.16. The van der Waals surface area contributed by atoms with Gasteiger partial charge in [0, 0.05) is 4.91 Å². The lowest BCUT2D eigenvalue weighted by Crippen LogP contribution is -3.71. The molecule has 0 aliphatic carbocycles. The quantitative estimate of drug-likeness (QED) is 0.226. The van der Waals surface area contributed by atoms with Crippen LogP contribution in [0.3, 0.4) is 0 Å². The summed E-state index contributed by atoms with van der Waals surface area (Å²) in [5.74, 6) is 0. The van der Waals surface area contributed by atoms with E-state index in [0.717, 1.165) is 16.9 Å². The minimum absolute atomic E-state index is 0.873. The van der Waals surface area contributed by atoms with Crippen LogP contribution in [0, 0.1) is 0 Å². The van der Waals surface area contributed by atoms with E-state index in [2.05, 4.69) is 22.4 Å². The van der Waals surface area contributed by atoms with E-state index in [1.807, 2.05) is 12.2 Å². The summed E-state index contributed by atoms with van der Waals surface area (Å²) in [6.07, 6.45) is 3.96. The minimum Gasteiger partial charge on any atom is -0.220 e. The van der Waals surface area contributed by atoms with Gasteiger partial charge in [0.25, 0.3) is 0 Å². The maximum atomic E-state index is 7.85. The summed E-state index contributed by atoms with van der Waals surface area (Å²) in [6.45, 7) is 0. The van der Waals surface area contributed by atoms with E-state index in [0.29, 0.717) is 0 Å². The summed E-state index contributed by atoms with van der Waals surface area (Å²) in [5, 5.41) is 11.3. The van der Waals surface area contributed by atoms with E-state index in [1.165, 1.54) is 0 Å². The molecule has 5 heteroatoms. The molecule has 0 bridgehead atoms. The zero-order valence-electron chi connectivity index (χ0n) is 5.86. The molecule has 0 spiro atoms. The monoisotopic (exact) mass is 287 g/mol. The molecule has 1 N–H and O–H groups in total. The lowest BCUT2D eigenvalue weighted by atomic mass is 10.5. The molecule has 0 unspecified atom stereocenters. The lowest BCUT2D eigenvalue weighted by molar-refractivity contribution is -0.637. The van der Waals surface area contributed by atoms with Crippen molar-refractivity contribution < 1.29 is 34.0 Å². The van der Waals surface area contributed by atoms with Crippen molar-refractivity contribution in [2.24, 2.45) is 0 Å². The van der Waals surface area contributed by atoms with Crippen LogP contribution in [0.25, 0.3) is 0 Å². The third-order valence-corrected chi connectivity index (χ3v) is 4.59. The number of alkyl halides is 1. The average Bonchev–Trinajstić information content (AvgIpc) is 2.04. The summed E-state index contributed by atoms with van der Waals surface area (Å²) >= 11 is 0.122. The molecule has 1 rings (SSSR count).